The summed E-state index contributed by atoms with van der Waals surface area (Å²) in [6.07, 6.45) is -3.17. The molecule has 0 saturated carbocycles. The van der Waals surface area contributed by atoms with Gasteiger partial charge in [0.15, 0.2) is 0 Å². The topological polar surface area (TPSA) is 50.1 Å². The fourth-order valence-electron chi connectivity index (χ4n) is 1.61. The van der Waals surface area contributed by atoms with Crippen LogP contribution in [-0.2, 0) is 21.8 Å². The minimum atomic E-state index is -2.84. The number of benzene rings is 1. The maximum absolute atomic E-state index is 13.0. The van der Waals surface area contributed by atoms with Crippen molar-refractivity contribution in [2.75, 3.05) is 7.11 Å². The Morgan fingerprint density at radius 2 is 2.22 bits per heavy atom. The SMILES string of the molecule is COC(=O)Cc1c(CCl)ccc(C#N)c1C(F)F. The Bertz CT molecular complexity index is 498. The average molecular weight is 274 g/mol. The minimum absolute atomic E-state index is 0.0161. The molecule has 0 aliphatic heterocycles. The minimum Gasteiger partial charge on any atom is -0.469 e. The van der Waals surface area contributed by atoms with E-state index >= 15 is 0 Å². The van der Waals surface area contributed by atoms with E-state index in [1.807, 2.05) is 0 Å². The maximum Gasteiger partial charge on any atom is 0.310 e. The van der Waals surface area contributed by atoms with Crippen molar-refractivity contribution in [1.82, 2.24) is 0 Å². The van der Waals surface area contributed by atoms with Crippen LogP contribution >= 0.6 is 11.6 Å². The smallest absolute Gasteiger partial charge is 0.310 e. The van der Waals surface area contributed by atoms with E-state index in [4.69, 9.17) is 16.9 Å². The second-order valence-electron chi connectivity index (χ2n) is 3.46. The van der Waals surface area contributed by atoms with Crippen molar-refractivity contribution >= 4 is 17.6 Å². The molecular formula is C12H10ClF2NO2. The lowest BCUT2D eigenvalue weighted by Crippen LogP contribution is -2.11. The van der Waals surface area contributed by atoms with Gasteiger partial charge in [-0.1, -0.05) is 6.07 Å². The van der Waals surface area contributed by atoms with Crippen LogP contribution in [0.25, 0.3) is 0 Å². The molecule has 0 spiro atoms. The lowest BCUT2D eigenvalue weighted by molar-refractivity contribution is -0.139. The number of alkyl halides is 3. The van der Waals surface area contributed by atoms with E-state index in [9.17, 15) is 13.6 Å². The first kappa shape index (κ1) is 14.4. The number of ether oxygens (including phenoxy) is 1. The van der Waals surface area contributed by atoms with Crippen LogP contribution in [0.3, 0.4) is 0 Å². The monoisotopic (exact) mass is 273 g/mol. The second kappa shape index (κ2) is 6.31. The highest BCUT2D eigenvalue weighted by atomic mass is 35.5. The number of methoxy groups -OCH3 is 1. The predicted molar refractivity (Wildman–Crippen MR) is 61.4 cm³/mol. The molecule has 1 aromatic carbocycles. The molecule has 0 unspecified atom stereocenters. The van der Waals surface area contributed by atoms with Crippen molar-refractivity contribution < 1.29 is 18.3 Å². The molecule has 1 aromatic rings. The number of nitriles is 1. The van der Waals surface area contributed by atoms with Crippen LogP contribution in [0.2, 0.25) is 0 Å². The fraction of sp³-hybridized carbons (Fsp3) is 0.333. The molecule has 3 nitrogen and oxygen atoms in total. The molecule has 0 N–H and O–H groups in total. The van der Waals surface area contributed by atoms with Gasteiger partial charge in [0.25, 0.3) is 6.43 Å². The molecule has 0 fully saturated rings. The van der Waals surface area contributed by atoms with Gasteiger partial charge >= 0.3 is 5.97 Å². The van der Waals surface area contributed by atoms with Gasteiger partial charge in [0.2, 0.25) is 0 Å². The quantitative estimate of drug-likeness (QED) is 0.626. The summed E-state index contributed by atoms with van der Waals surface area (Å²) in [6, 6.07) is 4.43. The molecule has 0 saturated heterocycles. The van der Waals surface area contributed by atoms with Gasteiger partial charge in [0, 0.05) is 11.4 Å². The molecule has 0 aliphatic rings. The van der Waals surface area contributed by atoms with Crippen LogP contribution in [0.15, 0.2) is 12.1 Å². The van der Waals surface area contributed by atoms with E-state index in [1.165, 1.54) is 19.2 Å². The Morgan fingerprint density at radius 1 is 1.56 bits per heavy atom. The number of halogens is 3. The summed E-state index contributed by atoms with van der Waals surface area (Å²) in [5, 5.41) is 8.81. The van der Waals surface area contributed by atoms with Gasteiger partial charge in [-0.3, -0.25) is 4.79 Å². The highest BCUT2D eigenvalue weighted by molar-refractivity contribution is 6.17. The standard InChI is InChI=1S/C12H10ClF2NO2/c1-18-10(17)4-9-7(5-13)2-3-8(6-16)11(9)12(14)15/h2-3,12H,4-5H2,1H3. The number of carbonyl (C=O) groups excluding carboxylic acids is 1. The van der Waals surface area contributed by atoms with Crippen LogP contribution in [0.1, 0.15) is 28.7 Å². The molecule has 0 bridgehead atoms. The van der Waals surface area contributed by atoms with Gasteiger partial charge in [-0.2, -0.15) is 5.26 Å². The molecule has 0 radical (unpaired) electrons. The second-order valence-corrected chi connectivity index (χ2v) is 3.73. The zero-order chi connectivity index (χ0) is 13.7. The van der Waals surface area contributed by atoms with E-state index in [1.54, 1.807) is 6.07 Å². The zero-order valence-corrected chi connectivity index (χ0v) is 10.3. The normalized spacial score (nSPS) is 10.2. The van der Waals surface area contributed by atoms with Crippen molar-refractivity contribution in [2.45, 2.75) is 18.7 Å². The lowest BCUT2D eigenvalue weighted by Gasteiger charge is -2.13. The van der Waals surface area contributed by atoms with E-state index < -0.39 is 18.0 Å². The van der Waals surface area contributed by atoms with Crippen molar-refractivity contribution in [3.8, 4) is 6.07 Å². The number of hydrogen-bond donors (Lipinski definition) is 0. The van der Waals surface area contributed by atoms with Crippen molar-refractivity contribution in [2.24, 2.45) is 0 Å². The molecule has 6 heteroatoms. The summed E-state index contributed by atoms with van der Waals surface area (Å²) in [6.45, 7) is 0. The first-order valence-electron chi connectivity index (χ1n) is 5.00. The van der Waals surface area contributed by atoms with Crippen LogP contribution in [0.4, 0.5) is 8.78 Å². The summed E-state index contributed by atoms with van der Waals surface area (Å²) < 4.78 is 30.5. The fourth-order valence-corrected chi connectivity index (χ4v) is 1.86. The largest absolute Gasteiger partial charge is 0.469 e. The van der Waals surface area contributed by atoms with E-state index in [2.05, 4.69) is 4.74 Å². The number of carbonyl (C=O) groups is 1. The molecule has 0 aromatic heterocycles. The van der Waals surface area contributed by atoms with Crippen molar-refractivity contribution in [1.29, 1.82) is 5.26 Å². The molecule has 1 rings (SSSR count). The van der Waals surface area contributed by atoms with Crippen molar-refractivity contribution in [3.05, 3.63) is 34.4 Å². The maximum atomic E-state index is 13.0. The third-order valence-corrected chi connectivity index (χ3v) is 2.77. The summed E-state index contributed by atoms with van der Waals surface area (Å²) in [5.74, 6) is -0.670. The first-order valence-corrected chi connectivity index (χ1v) is 5.54. The van der Waals surface area contributed by atoms with Crippen LogP contribution in [0.5, 0.6) is 0 Å². The van der Waals surface area contributed by atoms with Gasteiger partial charge in [-0.05, 0) is 17.2 Å². The summed E-state index contributed by atoms with van der Waals surface area (Å²) in [7, 11) is 1.17. The van der Waals surface area contributed by atoms with E-state index in [-0.39, 0.29) is 23.4 Å². The zero-order valence-electron chi connectivity index (χ0n) is 9.54. The lowest BCUT2D eigenvalue weighted by atomic mass is 9.95. The summed E-state index contributed by atoms with van der Waals surface area (Å²) >= 11 is 5.65. The summed E-state index contributed by atoms with van der Waals surface area (Å²) in [5.41, 5.74) is -0.124. The number of rotatable bonds is 4. The number of esters is 1. The van der Waals surface area contributed by atoms with Gasteiger partial charge < -0.3 is 4.74 Å². The Labute approximate surface area is 108 Å². The van der Waals surface area contributed by atoms with Gasteiger partial charge in [-0.25, -0.2) is 8.78 Å². The Morgan fingerprint density at radius 3 is 2.67 bits per heavy atom. The Hall–Kier alpha value is -1.67. The molecule has 18 heavy (non-hydrogen) atoms. The number of hydrogen-bond acceptors (Lipinski definition) is 3. The average Bonchev–Trinajstić information content (AvgIpc) is 2.37. The van der Waals surface area contributed by atoms with Crippen LogP contribution in [-0.4, -0.2) is 13.1 Å². The molecule has 0 heterocycles. The molecular weight excluding hydrogens is 264 g/mol. The highest BCUT2D eigenvalue weighted by Gasteiger charge is 2.22. The molecule has 0 atom stereocenters. The van der Waals surface area contributed by atoms with E-state index in [0.29, 0.717) is 5.56 Å². The van der Waals surface area contributed by atoms with Gasteiger partial charge in [-0.15, -0.1) is 11.6 Å². The highest BCUT2D eigenvalue weighted by Crippen LogP contribution is 2.30. The Kier molecular flexibility index (Phi) is 5.05. The Balaban J connectivity index is 3.41. The molecule has 0 aliphatic carbocycles. The third-order valence-electron chi connectivity index (χ3n) is 2.49. The van der Waals surface area contributed by atoms with Gasteiger partial charge in [0.05, 0.1) is 25.2 Å². The third kappa shape index (κ3) is 2.96. The van der Waals surface area contributed by atoms with Crippen LogP contribution < -0.4 is 0 Å². The van der Waals surface area contributed by atoms with Gasteiger partial charge in [0.1, 0.15) is 0 Å². The number of nitrogens with zero attached hydrogens (tertiary/aromatic N) is 1. The van der Waals surface area contributed by atoms with Crippen LogP contribution in [0, 0.1) is 11.3 Å². The van der Waals surface area contributed by atoms with E-state index in [0.717, 1.165) is 0 Å². The predicted octanol–water partition coefficient (Wildman–Crippen LogP) is 2.95. The molecule has 0 amide bonds. The summed E-state index contributed by atoms with van der Waals surface area (Å²) in [4.78, 5) is 11.2. The molecule has 96 valence electrons. The van der Waals surface area contributed by atoms with Crippen molar-refractivity contribution in [3.63, 3.8) is 0 Å². The first-order chi connectivity index (χ1) is 8.54.